The van der Waals surface area contributed by atoms with Crippen molar-refractivity contribution in [2.75, 3.05) is 5.32 Å². The second-order valence-electron chi connectivity index (χ2n) is 4.25. The number of halogens is 1. The minimum Gasteiger partial charge on any atom is -0.323 e. The second kappa shape index (κ2) is 4.30. The number of anilines is 2. The molecule has 8 heteroatoms. The van der Waals surface area contributed by atoms with Gasteiger partial charge in [0.2, 0.25) is 0 Å². The summed E-state index contributed by atoms with van der Waals surface area (Å²) >= 11 is 3.42. The fraction of sp³-hybridized carbons (Fsp3) is 0.273. The Morgan fingerprint density at radius 3 is 2.63 bits per heavy atom. The van der Waals surface area contributed by atoms with Crippen LogP contribution in [0.2, 0.25) is 0 Å². The second-order valence-corrected chi connectivity index (χ2v) is 5.01. The minimum atomic E-state index is 0.683. The maximum Gasteiger partial charge on any atom is 0.164 e. The predicted octanol–water partition coefficient (Wildman–Crippen LogP) is 1.91. The number of nitrogens with zero attached hydrogens (tertiary/aromatic N) is 6. The molecule has 0 aliphatic rings. The molecule has 0 atom stereocenters. The number of aromatic nitrogens is 6. The van der Waals surface area contributed by atoms with Crippen LogP contribution in [0.3, 0.4) is 0 Å². The summed E-state index contributed by atoms with van der Waals surface area (Å²) in [7, 11) is 3.74. The summed E-state index contributed by atoms with van der Waals surface area (Å²) in [5.41, 5.74) is 1.83. The van der Waals surface area contributed by atoms with E-state index in [1.54, 1.807) is 9.36 Å². The lowest BCUT2D eigenvalue weighted by atomic mass is 10.4. The van der Waals surface area contributed by atoms with Crippen LogP contribution >= 0.6 is 15.9 Å². The molecule has 0 amide bonds. The smallest absolute Gasteiger partial charge is 0.164 e. The van der Waals surface area contributed by atoms with Crippen LogP contribution in [0.25, 0.3) is 11.0 Å². The third kappa shape index (κ3) is 1.97. The Kier molecular flexibility index (Phi) is 2.74. The van der Waals surface area contributed by atoms with Gasteiger partial charge in [0, 0.05) is 25.9 Å². The van der Waals surface area contributed by atoms with Crippen molar-refractivity contribution in [2.45, 2.75) is 6.92 Å². The van der Waals surface area contributed by atoms with E-state index in [1.165, 1.54) is 6.33 Å². The fourth-order valence-electron chi connectivity index (χ4n) is 1.88. The van der Waals surface area contributed by atoms with Gasteiger partial charge in [0.05, 0.1) is 5.39 Å². The quantitative estimate of drug-likeness (QED) is 0.780. The van der Waals surface area contributed by atoms with E-state index in [1.807, 2.05) is 27.1 Å². The van der Waals surface area contributed by atoms with Crippen LogP contribution in [0.1, 0.15) is 5.69 Å². The molecule has 0 saturated carbocycles. The van der Waals surface area contributed by atoms with Crippen molar-refractivity contribution in [1.82, 2.24) is 29.5 Å². The van der Waals surface area contributed by atoms with E-state index in [0.29, 0.717) is 10.4 Å². The van der Waals surface area contributed by atoms with Gasteiger partial charge < -0.3 is 5.32 Å². The van der Waals surface area contributed by atoms with Gasteiger partial charge in [0.1, 0.15) is 16.7 Å². The molecule has 0 unspecified atom stereocenters. The van der Waals surface area contributed by atoms with Gasteiger partial charge in [-0.05, 0) is 22.9 Å². The first-order valence-corrected chi connectivity index (χ1v) is 6.46. The molecule has 0 bridgehead atoms. The summed E-state index contributed by atoms with van der Waals surface area (Å²) in [6, 6.07) is 1.96. The predicted molar refractivity (Wildman–Crippen MR) is 75.2 cm³/mol. The molecule has 0 aliphatic heterocycles. The van der Waals surface area contributed by atoms with Crippen molar-refractivity contribution >= 4 is 38.6 Å². The Hall–Kier alpha value is -1.96. The van der Waals surface area contributed by atoms with Gasteiger partial charge in [-0.1, -0.05) is 0 Å². The fourth-order valence-corrected chi connectivity index (χ4v) is 2.48. The van der Waals surface area contributed by atoms with E-state index in [9.17, 15) is 0 Å². The van der Waals surface area contributed by atoms with Crippen molar-refractivity contribution in [3.05, 3.63) is 22.7 Å². The number of nitrogens with one attached hydrogen (secondary N) is 1. The number of hydrogen-bond acceptors (Lipinski definition) is 5. The Morgan fingerprint density at radius 2 is 1.95 bits per heavy atom. The summed E-state index contributed by atoms with van der Waals surface area (Å²) in [5.74, 6) is 1.43. The zero-order valence-corrected chi connectivity index (χ0v) is 12.3. The maximum atomic E-state index is 4.35. The zero-order valence-electron chi connectivity index (χ0n) is 10.7. The number of hydrogen-bond donors (Lipinski definition) is 1. The molecule has 0 fully saturated rings. The lowest BCUT2D eigenvalue weighted by Gasteiger charge is -2.02. The van der Waals surface area contributed by atoms with Crippen molar-refractivity contribution in [2.24, 2.45) is 14.1 Å². The van der Waals surface area contributed by atoms with Crippen LogP contribution in [-0.2, 0) is 14.1 Å². The Bertz CT molecular complexity index is 738. The average Bonchev–Trinajstić information content (AvgIpc) is 2.82. The van der Waals surface area contributed by atoms with Crippen LogP contribution in [0.5, 0.6) is 0 Å². The lowest BCUT2D eigenvalue weighted by molar-refractivity contribution is 0.743. The van der Waals surface area contributed by atoms with Gasteiger partial charge in [0.25, 0.3) is 0 Å². The first-order chi connectivity index (χ1) is 9.06. The third-order valence-corrected chi connectivity index (χ3v) is 3.49. The first kappa shape index (κ1) is 12.1. The summed E-state index contributed by atoms with van der Waals surface area (Å²) in [4.78, 5) is 8.48. The summed E-state index contributed by atoms with van der Waals surface area (Å²) in [6.07, 6.45) is 1.51. The molecule has 0 saturated heterocycles. The molecule has 0 radical (unpaired) electrons. The van der Waals surface area contributed by atoms with Gasteiger partial charge >= 0.3 is 0 Å². The summed E-state index contributed by atoms with van der Waals surface area (Å²) in [5, 5.41) is 12.7. The van der Waals surface area contributed by atoms with E-state index in [-0.39, 0.29) is 0 Å². The van der Waals surface area contributed by atoms with Gasteiger partial charge in [-0.15, -0.1) is 0 Å². The standard InChI is InChI=1S/C11H12BrN7/c1-6-4-7(16-18(6)2)15-10-8-9(12)17-19(3)11(8)14-5-13-10/h4-5H,1-3H3,(H,13,14,15,16). The van der Waals surface area contributed by atoms with Gasteiger partial charge in [-0.2, -0.15) is 10.2 Å². The molecule has 98 valence electrons. The minimum absolute atomic E-state index is 0.683. The van der Waals surface area contributed by atoms with Crippen LogP contribution < -0.4 is 5.32 Å². The largest absolute Gasteiger partial charge is 0.323 e. The molecule has 3 aromatic rings. The molecule has 1 N–H and O–H groups in total. The molecular weight excluding hydrogens is 310 g/mol. The van der Waals surface area contributed by atoms with Crippen LogP contribution in [0, 0.1) is 6.92 Å². The van der Waals surface area contributed by atoms with E-state index in [4.69, 9.17) is 0 Å². The normalized spacial score (nSPS) is 11.2. The highest BCUT2D eigenvalue weighted by atomic mass is 79.9. The van der Waals surface area contributed by atoms with Crippen molar-refractivity contribution in [3.8, 4) is 0 Å². The molecule has 3 heterocycles. The Labute approximate surface area is 117 Å². The van der Waals surface area contributed by atoms with E-state index >= 15 is 0 Å². The Balaban J connectivity index is 2.10. The third-order valence-electron chi connectivity index (χ3n) is 2.94. The SMILES string of the molecule is Cc1cc(Nc2ncnc3c2c(Br)nn3C)nn1C. The number of fused-ring (bicyclic) bond motifs is 1. The highest BCUT2D eigenvalue weighted by molar-refractivity contribution is 9.10. The summed E-state index contributed by atoms with van der Waals surface area (Å²) < 4.78 is 4.22. The Morgan fingerprint density at radius 1 is 1.16 bits per heavy atom. The molecule has 0 aromatic carbocycles. The van der Waals surface area contributed by atoms with Crippen molar-refractivity contribution < 1.29 is 0 Å². The maximum absolute atomic E-state index is 4.35. The van der Waals surface area contributed by atoms with Gasteiger partial charge in [-0.3, -0.25) is 4.68 Å². The molecule has 3 rings (SSSR count). The molecular formula is C11H12BrN7. The first-order valence-electron chi connectivity index (χ1n) is 5.67. The van der Waals surface area contributed by atoms with Crippen molar-refractivity contribution in [1.29, 1.82) is 0 Å². The topological polar surface area (TPSA) is 73.5 Å². The van der Waals surface area contributed by atoms with Crippen LogP contribution in [0.15, 0.2) is 17.0 Å². The molecule has 0 aliphatic carbocycles. The number of aryl methyl sites for hydroxylation is 3. The summed E-state index contributed by atoms with van der Waals surface area (Å²) in [6.45, 7) is 1.99. The van der Waals surface area contributed by atoms with Crippen LogP contribution in [0.4, 0.5) is 11.6 Å². The molecule has 0 spiro atoms. The zero-order chi connectivity index (χ0) is 13.6. The van der Waals surface area contributed by atoms with Gasteiger partial charge in [0.15, 0.2) is 11.5 Å². The lowest BCUT2D eigenvalue weighted by Crippen LogP contribution is -1.98. The molecule has 7 nitrogen and oxygen atoms in total. The average molecular weight is 322 g/mol. The highest BCUT2D eigenvalue weighted by Gasteiger charge is 2.14. The van der Waals surface area contributed by atoms with Crippen molar-refractivity contribution in [3.63, 3.8) is 0 Å². The molecule has 3 aromatic heterocycles. The van der Waals surface area contributed by atoms with Crippen LogP contribution in [-0.4, -0.2) is 29.5 Å². The van der Waals surface area contributed by atoms with E-state index in [2.05, 4.69) is 41.4 Å². The van der Waals surface area contributed by atoms with Gasteiger partial charge in [-0.25, -0.2) is 14.6 Å². The van der Waals surface area contributed by atoms with E-state index in [0.717, 1.165) is 22.5 Å². The highest BCUT2D eigenvalue weighted by Crippen LogP contribution is 2.28. The monoisotopic (exact) mass is 321 g/mol. The molecule has 19 heavy (non-hydrogen) atoms. The number of rotatable bonds is 2. The van der Waals surface area contributed by atoms with E-state index < -0.39 is 0 Å².